The van der Waals surface area contributed by atoms with E-state index in [2.05, 4.69) is 19.9 Å². The van der Waals surface area contributed by atoms with E-state index in [4.69, 9.17) is 16.3 Å². The maximum absolute atomic E-state index is 14.9. The quantitative estimate of drug-likeness (QED) is 0.691. The summed E-state index contributed by atoms with van der Waals surface area (Å²) in [6, 6.07) is 0.0396. The molecule has 172 valence electrons. The molecule has 10 heteroatoms. The van der Waals surface area contributed by atoms with Crippen LogP contribution in [0.15, 0.2) is 18.1 Å². The lowest BCUT2D eigenvalue weighted by molar-refractivity contribution is 0.0447. The standard InChI is InChI=1S/C22H26ClF2N5O2/c1-21(31)4-2-6-29(12-21)19-15-10-26-18(23)16(25)17(15)27-20(28-19)32-13-22-5-3-7-30(22)11-14(8-22)9-24/h9-10,31H,2-8,11-13H2,1H3/b14-9-/t21-,22+/m1/s1. The molecule has 1 N–H and O–H groups in total. The smallest absolute Gasteiger partial charge is 0.319 e. The van der Waals surface area contributed by atoms with Gasteiger partial charge in [0.05, 0.1) is 22.9 Å². The molecule has 3 aliphatic rings. The van der Waals surface area contributed by atoms with Gasteiger partial charge in [0, 0.05) is 25.8 Å². The summed E-state index contributed by atoms with van der Waals surface area (Å²) in [5.41, 5.74) is -0.378. The molecular weight excluding hydrogens is 440 g/mol. The molecule has 0 unspecified atom stereocenters. The molecule has 2 atom stereocenters. The monoisotopic (exact) mass is 465 g/mol. The van der Waals surface area contributed by atoms with Gasteiger partial charge in [-0.3, -0.25) is 4.90 Å². The number of fused-ring (bicyclic) bond motifs is 2. The molecule has 0 amide bonds. The Bertz CT molecular complexity index is 1080. The highest BCUT2D eigenvalue weighted by molar-refractivity contribution is 6.30. The van der Waals surface area contributed by atoms with Gasteiger partial charge in [-0.1, -0.05) is 11.6 Å². The summed E-state index contributed by atoms with van der Waals surface area (Å²) in [6.07, 6.45) is 6.11. The highest BCUT2D eigenvalue weighted by atomic mass is 35.5. The molecule has 0 saturated carbocycles. The predicted molar refractivity (Wildman–Crippen MR) is 117 cm³/mol. The average Bonchev–Trinajstić information content (AvgIpc) is 3.31. The van der Waals surface area contributed by atoms with Gasteiger partial charge >= 0.3 is 6.01 Å². The largest absolute Gasteiger partial charge is 0.461 e. The van der Waals surface area contributed by atoms with Gasteiger partial charge in [-0.15, -0.1) is 0 Å². The maximum Gasteiger partial charge on any atom is 0.319 e. The molecule has 0 spiro atoms. The van der Waals surface area contributed by atoms with Gasteiger partial charge in [0.1, 0.15) is 17.9 Å². The van der Waals surface area contributed by atoms with Gasteiger partial charge in [0.15, 0.2) is 11.0 Å². The Labute approximate surface area is 190 Å². The summed E-state index contributed by atoms with van der Waals surface area (Å²) in [4.78, 5) is 17.0. The van der Waals surface area contributed by atoms with Crippen LogP contribution in [0.1, 0.15) is 39.0 Å². The van der Waals surface area contributed by atoms with Crippen LogP contribution in [0.5, 0.6) is 6.01 Å². The normalized spacial score (nSPS) is 29.8. The number of aliphatic hydroxyl groups is 1. The van der Waals surface area contributed by atoms with E-state index in [1.165, 1.54) is 6.20 Å². The zero-order chi connectivity index (χ0) is 22.5. The first-order chi connectivity index (χ1) is 15.3. The Kier molecular flexibility index (Phi) is 5.46. The summed E-state index contributed by atoms with van der Waals surface area (Å²) >= 11 is 5.92. The van der Waals surface area contributed by atoms with E-state index >= 15 is 0 Å². The number of hydrogen-bond donors (Lipinski definition) is 1. The molecule has 0 bridgehead atoms. The van der Waals surface area contributed by atoms with E-state index < -0.39 is 11.4 Å². The molecule has 3 fully saturated rings. The second-order valence-corrected chi connectivity index (χ2v) is 9.82. The van der Waals surface area contributed by atoms with Crippen LogP contribution in [0.3, 0.4) is 0 Å². The van der Waals surface area contributed by atoms with Crippen LogP contribution in [0.25, 0.3) is 10.9 Å². The van der Waals surface area contributed by atoms with Crippen molar-refractivity contribution < 1.29 is 18.6 Å². The van der Waals surface area contributed by atoms with Crippen molar-refractivity contribution in [3.05, 3.63) is 29.1 Å². The molecule has 0 radical (unpaired) electrons. The van der Waals surface area contributed by atoms with Crippen LogP contribution in [-0.4, -0.2) is 68.9 Å². The molecule has 7 nitrogen and oxygen atoms in total. The van der Waals surface area contributed by atoms with Crippen molar-refractivity contribution in [2.75, 3.05) is 37.7 Å². The number of rotatable bonds is 4. The van der Waals surface area contributed by atoms with E-state index in [9.17, 15) is 13.9 Å². The Hall–Kier alpha value is -2.10. The van der Waals surface area contributed by atoms with Gasteiger partial charge in [0.2, 0.25) is 0 Å². The van der Waals surface area contributed by atoms with Crippen LogP contribution in [0.2, 0.25) is 5.15 Å². The number of anilines is 1. The number of piperidine rings is 1. The number of nitrogens with zero attached hydrogens (tertiary/aromatic N) is 5. The van der Waals surface area contributed by atoms with E-state index in [0.717, 1.165) is 31.4 Å². The third-order valence-corrected chi connectivity index (χ3v) is 7.15. The first-order valence-corrected chi connectivity index (χ1v) is 11.3. The SMILES string of the molecule is C[C@@]1(O)CCCN(c2nc(OC[C@@]34CCCN3C/C(=C\F)C4)nc3c(F)c(Cl)ncc23)C1. The topological polar surface area (TPSA) is 74.6 Å². The number of halogens is 3. The van der Waals surface area contributed by atoms with Crippen LogP contribution in [0, 0.1) is 5.82 Å². The van der Waals surface area contributed by atoms with E-state index in [1.54, 1.807) is 6.92 Å². The molecule has 5 rings (SSSR count). The number of aromatic nitrogens is 3. The number of β-amino-alcohol motifs (C(OH)–C–C–N with tert-alkyl or cyclic N) is 1. The summed E-state index contributed by atoms with van der Waals surface area (Å²) in [6.45, 7) is 4.57. The van der Waals surface area contributed by atoms with E-state index in [0.29, 0.717) is 50.0 Å². The van der Waals surface area contributed by atoms with Crippen molar-refractivity contribution in [3.63, 3.8) is 0 Å². The summed E-state index contributed by atoms with van der Waals surface area (Å²) in [7, 11) is 0. The van der Waals surface area contributed by atoms with Crippen LogP contribution in [-0.2, 0) is 0 Å². The Morgan fingerprint density at radius 3 is 2.88 bits per heavy atom. The number of ether oxygens (including phenoxy) is 1. The average molecular weight is 466 g/mol. The van der Waals surface area contributed by atoms with Crippen molar-refractivity contribution in [1.29, 1.82) is 0 Å². The number of pyridine rings is 1. The molecule has 2 aromatic rings. The van der Waals surface area contributed by atoms with Gasteiger partial charge in [-0.25, -0.2) is 13.8 Å². The molecule has 2 aromatic heterocycles. The third kappa shape index (κ3) is 3.80. The van der Waals surface area contributed by atoms with Crippen molar-refractivity contribution >= 4 is 28.3 Å². The molecule has 5 heterocycles. The molecule has 0 aliphatic carbocycles. The van der Waals surface area contributed by atoms with E-state index in [1.807, 2.05) is 4.90 Å². The lowest BCUT2D eigenvalue weighted by Gasteiger charge is -2.38. The zero-order valence-electron chi connectivity index (χ0n) is 18.0. The third-order valence-electron chi connectivity index (χ3n) is 6.89. The fraction of sp³-hybridized carbons (Fsp3) is 0.591. The minimum atomic E-state index is -0.878. The van der Waals surface area contributed by atoms with Gasteiger partial charge < -0.3 is 14.7 Å². The lowest BCUT2D eigenvalue weighted by atomic mass is 9.94. The molecule has 32 heavy (non-hydrogen) atoms. The summed E-state index contributed by atoms with van der Waals surface area (Å²) in [5, 5.41) is 10.7. The van der Waals surface area contributed by atoms with Crippen LogP contribution < -0.4 is 9.64 Å². The van der Waals surface area contributed by atoms with Crippen molar-refractivity contribution in [2.45, 2.75) is 50.2 Å². The number of hydrogen-bond acceptors (Lipinski definition) is 7. The minimum absolute atomic E-state index is 0.0340. The van der Waals surface area contributed by atoms with Crippen LogP contribution in [0.4, 0.5) is 14.6 Å². The highest BCUT2D eigenvalue weighted by Gasteiger charge is 2.47. The van der Waals surface area contributed by atoms with Gasteiger partial charge in [-0.05, 0) is 51.1 Å². The van der Waals surface area contributed by atoms with Crippen molar-refractivity contribution in [1.82, 2.24) is 19.9 Å². The lowest BCUT2D eigenvalue weighted by Crippen LogP contribution is -2.46. The summed E-state index contributed by atoms with van der Waals surface area (Å²) < 4.78 is 34.1. The van der Waals surface area contributed by atoms with E-state index in [-0.39, 0.29) is 28.8 Å². The second kappa shape index (κ2) is 8.04. The minimum Gasteiger partial charge on any atom is -0.461 e. The highest BCUT2D eigenvalue weighted by Crippen LogP contribution is 2.42. The zero-order valence-corrected chi connectivity index (χ0v) is 18.7. The fourth-order valence-electron chi connectivity index (χ4n) is 5.36. The Morgan fingerprint density at radius 2 is 2.09 bits per heavy atom. The predicted octanol–water partition coefficient (Wildman–Crippen LogP) is 3.64. The summed E-state index contributed by atoms with van der Waals surface area (Å²) in [5.74, 6) is -0.268. The fourth-order valence-corrected chi connectivity index (χ4v) is 5.50. The van der Waals surface area contributed by atoms with Crippen molar-refractivity contribution in [3.8, 4) is 6.01 Å². The van der Waals surface area contributed by atoms with Gasteiger partial charge in [0.25, 0.3) is 0 Å². The first-order valence-electron chi connectivity index (χ1n) is 11.0. The van der Waals surface area contributed by atoms with Crippen LogP contribution >= 0.6 is 11.6 Å². The molecule has 0 aromatic carbocycles. The van der Waals surface area contributed by atoms with Crippen molar-refractivity contribution in [2.24, 2.45) is 0 Å². The second-order valence-electron chi connectivity index (χ2n) is 9.46. The first kappa shape index (κ1) is 21.7. The Morgan fingerprint density at radius 1 is 1.28 bits per heavy atom. The Balaban J connectivity index is 1.50. The van der Waals surface area contributed by atoms with Gasteiger partial charge in [-0.2, -0.15) is 9.97 Å². The molecule has 3 saturated heterocycles. The molecule has 3 aliphatic heterocycles. The molecular formula is C22H26ClF2N5O2. The maximum atomic E-state index is 14.9.